The van der Waals surface area contributed by atoms with E-state index in [-0.39, 0.29) is 5.78 Å². The minimum Gasteiger partial charge on any atom is -0.497 e. The summed E-state index contributed by atoms with van der Waals surface area (Å²) in [6.45, 7) is 1.91. The van der Waals surface area contributed by atoms with Crippen LogP contribution in [0.25, 0.3) is 10.9 Å². The number of aromatic amines is 1. The third-order valence-corrected chi connectivity index (χ3v) is 4.58. The van der Waals surface area contributed by atoms with Gasteiger partial charge in [-0.15, -0.1) is 0 Å². The lowest BCUT2D eigenvalue weighted by atomic mass is 10.0. The molecule has 7 heteroatoms. The molecule has 1 aromatic carbocycles. The fraction of sp³-hybridized carbons (Fsp3) is 0.300. The highest BCUT2D eigenvalue weighted by molar-refractivity contribution is 6.16. The van der Waals surface area contributed by atoms with Gasteiger partial charge >= 0.3 is 0 Å². The number of nitrogens with one attached hydrogen (secondary N) is 1. The molecule has 0 saturated heterocycles. The minimum absolute atomic E-state index is 0.190. The number of benzene rings is 1. The van der Waals surface area contributed by atoms with Crippen molar-refractivity contribution in [3.8, 4) is 5.75 Å². The number of ether oxygens (including phenoxy) is 4. The molecule has 27 heavy (non-hydrogen) atoms. The molecule has 0 saturated carbocycles. The number of aromatic nitrogens is 2. The van der Waals surface area contributed by atoms with Gasteiger partial charge in [-0.2, -0.15) is 5.10 Å². The van der Waals surface area contributed by atoms with Crippen molar-refractivity contribution in [3.63, 3.8) is 0 Å². The predicted octanol–water partition coefficient (Wildman–Crippen LogP) is 3.43. The van der Waals surface area contributed by atoms with Crippen LogP contribution >= 0.6 is 0 Å². The zero-order valence-corrected chi connectivity index (χ0v) is 16.0. The van der Waals surface area contributed by atoms with E-state index in [1.165, 1.54) is 14.2 Å². The normalized spacial score (nSPS) is 14.4. The standard InChI is InChI=1S/C20H22N2O5/c1-11-14(24-2)9-7-13-17(11)21-22-18(13)19(23)12-6-8-15(25-3)20(27-5)16(10-12)26-4/h6-7,9-10H,8H2,1-5H3,(H,21,22). The van der Waals surface area contributed by atoms with Gasteiger partial charge in [0.15, 0.2) is 11.5 Å². The summed E-state index contributed by atoms with van der Waals surface area (Å²) in [4.78, 5) is 13.2. The van der Waals surface area contributed by atoms with Gasteiger partial charge in [0.25, 0.3) is 0 Å². The number of ketones is 1. The van der Waals surface area contributed by atoms with E-state index in [1.807, 2.05) is 19.1 Å². The number of aryl methyl sites for hydroxylation is 1. The molecule has 1 aliphatic rings. The van der Waals surface area contributed by atoms with E-state index >= 15 is 0 Å². The third-order valence-electron chi connectivity index (χ3n) is 4.58. The smallest absolute Gasteiger partial charge is 0.211 e. The van der Waals surface area contributed by atoms with Crippen molar-refractivity contribution in [2.45, 2.75) is 13.3 Å². The maximum atomic E-state index is 13.2. The van der Waals surface area contributed by atoms with Crippen LogP contribution in [0.3, 0.4) is 0 Å². The van der Waals surface area contributed by atoms with Gasteiger partial charge in [-0.3, -0.25) is 9.89 Å². The van der Waals surface area contributed by atoms with E-state index in [0.29, 0.717) is 40.5 Å². The summed E-state index contributed by atoms with van der Waals surface area (Å²) in [5, 5.41) is 7.91. The van der Waals surface area contributed by atoms with Crippen molar-refractivity contribution in [2.24, 2.45) is 0 Å². The Kier molecular flexibility index (Phi) is 5.21. The summed E-state index contributed by atoms with van der Waals surface area (Å²) in [5.41, 5.74) is 2.45. The molecule has 0 bridgehead atoms. The van der Waals surface area contributed by atoms with E-state index in [4.69, 9.17) is 18.9 Å². The second-order valence-corrected chi connectivity index (χ2v) is 5.95. The van der Waals surface area contributed by atoms with Crippen molar-refractivity contribution in [1.29, 1.82) is 0 Å². The molecule has 0 unspecified atom stereocenters. The fourth-order valence-corrected chi connectivity index (χ4v) is 3.14. The van der Waals surface area contributed by atoms with Crippen molar-refractivity contribution in [1.82, 2.24) is 10.2 Å². The van der Waals surface area contributed by atoms with Crippen LogP contribution in [0.1, 0.15) is 22.5 Å². The van der Waals surface area contributed by atoms with Crippen molar-refractivity contribution >= 4 is 16.7 Å². The number of H-pyrrole nitrogens is 1. The molecule has 1 N–H and O–H groups in total. The largest absolute Gasteiger partial charge is 0.497 e. The number of fused-ring (bicyclic) bond motifs is 1. The van der Waals surface area contributed by atoms with E-state index in [1.54, 1.807) is 26.4 Å². The number of hydrogen-bond acceptors (Lipinski definition) is 6. The van der Waals surface area contributed by atoms with Gasteiger partial charge in [0, 0.05) is 22.9 Å². The Balaban J connectivity index is 2.05. The first-order valence-electron chi connectivity index (χ1n) is 8.39. The second-order valence-electron chi connectivity index (χ2n) is 5.95. The van der Waals surface area contributed by atoms with Crippen LogP contribution in [0.5, 0.6) is 5.75 Å². The Morgan fingerprint density at radius 2 is 1.85 bits per heavy atom. The highest BCUT2D eigenvalue weighted by atomic mass is 16.5. The average Bonchev–Trinajstić information content (AvgIpc) is 3.03. The monoisotopic (exact) mass is 370 g/mol. The molecule has 0 amide bonds. The Bertz CT molecular complexity index is 982. The van der Waals surface area contributed by atoms with Crippen LogP contribution in [0.15, 0.2) is 47.1 Å². The zero-order valence-electron chi connectivity index (χ0n) is 16.0. The first-order chi connectivity index (χ1) is 13.0. The molecular formula is C20H22N2O5. The second kappa shape index (κ2) is 7.57. The first kappa shape index (κ1) is 18.6. The number of methoxy groups -OCH3 is 4. The SMILES string of the molecule is COC1=CC(C(=O)c2[nH]nc3c(C)c(OC)ccc23)=CCC(OC)=C1OC. The molecule has 1 heterocycles. The summed E-state index contributed by atoms with van der Waals surface area (Å²) in [6, 6.07) is 3.66. The summed E-state index contributed by atoms with van der Waals surface area (Å²) >= 11 is 0. The first-order valence-corrected chi connectivity index (χ1v) is 8.39. The maximum absolute atomic E-state index is 13.2. The number of nitrogens with zero attached hydrogens (tertiary/aromatic N) is 1. The zero-order chi connectivity index (χ0) is 19.6. The number of carbonyl (C=O) groups is 1. The van der Waals surface area contributed by atoms with Gasteiger partial charge in [-0.25, -0.2) is 0 Å². The number of allylic oxidation sites excluding steroid dienone is 3. The molecule has 0 aliphatic heterocycles. The number of rotatable bonds is 6. The van der Waals surface area contributed by atoms with Gasteiger partial charge < -0.3 is 18.9 Å². The molecule has 0 fully saturated rings. The van der Waals surface area contributed by atoms with Crippen LogP contribution in [0.4, 0.5) is 0 Å². The van der Waals surface area contributed by atoms with Crippen molar-refractivity contribution < 1.29 is 23.7 Å². The van der Waals surface area contributed by atoms with Gasteiger partial charge in [-0.1, -0.05) is 6.08 Å². The molecule has 142 valence electrons. The number of hydrogen-bond donors (Lipinski definition) is 1. The van der Waals surface area contributed by atoms with Gasteiger partial charge in [-0.05, 0) is 25.1 Å². The quantitative estimate of drug-likeness (QED) is 0.785. The third kappa shape index (κ3) is 3.16. The lowest BCUT2D eigenvalue weighted by Crippen LogP contribution is -2.05. The Labute approximate surface area is 157 Å². The topological polar surface area (TPSA) is 82.7 Å². The molecular weight excluding hydrogens is 348 g/mol. The van der Waals surface area contributed by atoms with E-state index in [9.17, 15) is 4.79 Å². The van der Waals surface area contributed by atoms with Crippen LogP contribution in [-0.4, -0.2) is 44.4 Å². The Morgan fingerprint density at radius 3 is 2.48 bits per heavy atom. The molecule has 0 spiro atoms. The highest BCUT2D eigenvalue weighted by Gasteiger charge is 2.24. The Hall–Kier alpha value is -3.22. The molecule has 7 nitrogen and oxygen atoms in total. The molecule has 1 aromatic heterocycles. The summed E-state index contributed by atoms with van der Waals surface area (Å²) in [6.07, 6.45) is 3.84. The van der Waals surface area contributed by atoms with Crippen LogP contribution in [-0.2, 0) is 14.2 Å². The maximum Gasteiger partial charge on any atom is 0.211 e. The van der Waals surface area contributed by atoms with E-state index < -0.39 is 0 Å². The van der Waals surface area contributed by atoms with Crippen LogP contribution in [0, 0.1) is 6.92 Å². The summed E-state index contributed by atoms with van der Waals surface area (Å²) in [7, 11) is 6.22. The van der Waals surface area contributed by atoms with Crippen molar-refractivity contribution in [2.75, 3.05) is 28.4 Å². The fourth-order valence-electron chi connectivity index (χ4n) is 3.14. The lowest BCUT2D eigenvalue weighted by Gasteiger charge is -2.12. The molecule has 1 aliphatic carbocycles. The van der Waals surface area contributed by atoms with E-state index in [2.05, 4.69) is 10.2 Å². The number of carbonyl (C=O) groups excluding carboxylic acids is 1. The van der Waals surface area contributed by atoms with Gasteiger partial charge in [0.2, 0.25) is 5.78 Å². The van der Waals surface area contributed by atoms with Crippen LogP contribution < -0.4 is 4.74 Å². The Morgan fingerprint density at radius 1 is 1.07 bits per heavy atom. The van der Waals surface area contributed by atoms with Crippen LogP contribution in [0.2, 0.25) is 0 Å². The average molecular weight is 370 g/mol. The highest BCUT2D eigenvalue weighted by Crippen LogP contribution is 2.30. The summed E-state index contributed by atoms with van der Waals surface area (Å²) in [5.74, 6) is 2.01. The number of Topliss-reactive ketones (excluding diaryl/α,β-unsaturated/α-hetero) is 1. The summed E-state index contributed by atoms with van der Waals surface area (Å²) < 4.78 is 21.5. The minimum atomic E-state index is -0.190. The molecule has 0 atom stereocenters. The molecule has 3 rings (SSSR count). The molecule has 0 radical (unpaired) electrons. The van der Waals surface area contributed by atoms with Gasteiger partial charge in [0.1, 0.15) is 17.2 Å². The van der Waals surface area contributed by atoms with E-state index in [0.717, 1.165) is 16.7 Å². The van der Waals surface area contributed by atoms with Gasteiger partial charge in [0.05, 0.1) is 34.0 Å². The lowest BCUT2D eigenvalue weighted by molar-refractivity contribution is 0.103. The van der Waals surface area contributed by atoms with Crippen molar-refractivity contribution in [3.05, 3.63) is 58.4 Å². The predicted molar refractivity (Wildman–Crippen MR) is 101 cm³/mol. The molecule has 2 aromatic rings.